The van der Waals surface area contributed by atoms with E-state index >= 15 is 0 Å². The van der Waals surface area contributed by atoms with Gasteiger partial charge in [0.15, 0.2) is 0 Å². The minimum Gasteiger partial charge on any atom is -0.466 e. The molecule has 1 aliphatic rings. The second-order valence-corrected chi connectivity index (χ2v) is 13.0. The van der Waals surface area contributed by atoms with Gasteiger partial charge < -0.3 is 24.7 Å². The summed E-state index contributed by atoms with van der Waals surface area (Å²) in [5.74, 6) is -1.42. The lowest BCUT2D eigenvalue weighted by Gasteiger charge is -2.21. The zero-order valence-electron chi connectivity index (χ0n) is 23.5. The van der Waals surface area contributed by atoms with E-state index in [1.54, 1.807) is 27.8 Å². The molecule has 0 spiro atoms. The van der Waals surface area contributed by atoms with Crippen LogP contribution in [0, 0.1) is 11.2 Å². The SMILES string of the molecule is COC(=O)[C@@H](CSSC(=O)C(C)(C)C)OC(=O)N(C)Cc1ccc(-c2[nH]c3cc(F)cc4c3c2CCNC4=O)cc1. The molecule has 0 fully saturated rings. The molecule has 0 bridgehead atoms. The minimum atomic E-state index is -1.17. The van der Waals surface area contributed by atoms with Gasteiger partial charge in [-0.3, -0.25) is 9.59 Å². The summed E-state index contributed by atoms with van der Waals surface area (Å²) < 4.78 is 24.4. The molecular weight excluding hydrogens is 569 g/mol. The van der Waals surface area contributed by atoms with Crippen molar-refractivity contribution in [3.8, 4) is 11.3 Å². The lowest BCUT2D eigenvalue weighted by atomic mass is 9.99. The Morgan fingerprint density at radius 3 is 2.51 bits per heavy atom. The summed E-state index contributed by atoms with van der Waals surface area (Å²) in [5, 5.41) is 3.49. The van der Waals surface area contributed by atoms with Gasteiger partial charge in [-0.05, 0) is 46.0 Å². The van der Waals surface area contributed by atoms with E-state index < -0.39 is 29.4 Å². The number of hydrogen-bond acceptors (Lipinski definition) is 8. The van der Waals surface area contributed by atoms with Crippen molar-refractivity contribution in [1.29, 1.82) is 0 Å². The van der Waals surface area contributed by atoms with E-state index in [1.165, 1.54) is 24.1 Å². The molecule has 2 aromatic carbocycles. The quantitative estimate of drug-likeness (QED) is 0.263. The van der Waals surface area contributed by atoms with Crippen LogP contribution in [0.3, 0.4) is 0 Å². The zero-order chi connectivity index (χ0) is 29.9. The summed E-state index contributed by atoms with van der Waals surface area (Å²) in [6.45, 7) is 6.06. The minimum absolute atomic E-state index is 0.0527. The molecule has 1 aliphatic heterocycles. The largest absolute Gasteiger partial charge is 0.466 e. The third-order valence-corrected chi connectivity index (χ3v) is 9.06. The number of methoxy groups -OCH3 is 1. The fourth-order valence-electron chi connectivity index (χ4n) is 4.32. The molecule has 1 aromatic heterocycles. The number of benzene rings is 2. The van der Waals surface area contributed by atoms with Crippen molar-refractivity contribution in [1.82, 2.24) is 15.2 Å². The van der Waals surface area contributed by atoms with Crippen LogP contribution in [0.1, 0.15) is 42.3 Å². The monoisotopic (exact) mass is 601 g/mol. The van der Waals surface area contributed by atoms with E-state index in [9.17, 15) is 23.6 Å². The van der Waals surface area contributed by atoms with Gasteiger partial charge in [-0.2, -0.15) is 0 Å². The Morgan fingerprint density at radius 1 is 1.15 bits per heavy atom. The van der Waals surface area contributed by atoms with Crippen molar-refractivity contribution in [3.63, 3.8) is 0 Å². The van der Waals surface area contributed by atoms with Crippen molar-refractivity contribution in [2.45, 2.75) is 39.8 Å². The van der Waals surface area contributed by atoms with Gasteiger partial charge >= 0.3 is 12.1 Å². The van der Waals surface area contributed by atoms with Crippen LogP contribution in [0.15, 0.2) is 36.4 Å². The van der Waals surface area contributed by atoms with Crippen LogP contribution in [-0.2, 0) is 32.0 Å². The molecule has 0 saturated heterocycles. The van der Waals surface area contributed by atoms with Crippen LogP contribution in [0.2, 0.25) is 0 Å². The van der Waals surface area contributed by atoms with Crippen molar-refractivity contribution < 1.29 is 33.0 Å². The number of carbonyl (C=O) groups excluding carboxylic acids is 4. The molecule has 1 atom stereocenters. The summed E-state index contributed by atoms with van der Waals surface area (Å²) in [7, 11) is 4.91. The van der Waals surface area contributed by atoms with Gasteiger partial charge in [0.25, 0.3) is 5.91 Å². The number of aromatic amines is 1. The standard InChI is InChI=1S/C29H32FN3O6S2/c1-29(2,3)27(36)41-40-15-22(26(35)38-5)39-28(37)33(4)14-16-6-8-17(9-7-16)24-19-10-11-31-25(34)20-12-18(30)13-21(32-24)23(19)20/h6-9,12-13,22,32H,10-11,14-15H2,1-5H3,(H,31,34)/t22-/m1/s1. The third kappa shape index (κ3) is 7.05. The summed E-state index contributed by atoms with van der Waals surface area (Å²) in [4.78, 5) is 54.2. The Labute approximate surface area is 245 Å². The molecule has 3 aromatic rings. The van der Waals surface area contributed by atoms with E-state index in [4.69, 9.17) is 9.47 Å². The molecule has 0 unspecified atom stereocenters. The molecule has 41 heavy (non-hydrogen) atoms. The third-order valence-electron chi connectivity index (χ3n) is 6.52. The Morgan fingerprint density at radius 2 is 1.85 bits per heavy atom. The fraction of sp³-hybridized carbons (Fsp3) is 0.379. The highest BCUT2D eigenvalue weighted by Crippen LogP contribution is 2.35. The average molecular weight is 602 g/mol. The first-order valence-corrected chi connectivity index (χ1v) is 15.3. The highest BCUT2D eigenvalue weighted by atomic mass is 33.1. The molecule has 4 rings (SSSR count). The first-order chi connectivity index (χ1) is 19.4. The number of nitrogens with one attached hydrogen (secondary N) is 2. The number of halogens is 1. The first-order valence-electron chi connectivity index (χ1n) is 12.9. The van der Waals surface area contributed by atoms with Crippen LogP contribution in [0.25, 0.3) is 22.2 Å². The van der Waals surface area contributed by atoms with Crippen molar-refractivity contribution in [2.24, 2.45) is 5.41 Å². The maximum absolute atomic E-state index is 14.2. The number of hydrogen-bond donors (Lipinski definition) is 2. The second-order valence-electron chi connectivity index (χ2n) is 10.7. The maximum atomic E-state index is 14.2. The Kier molecular flexibility index (Phi) is 9.33. The summed E-state index contributed by atoms with van der Waals surface area (Å²) in [5.41, 5.74) is 3.76. The van der Waals surface area contributed by atoms with Crippen molar-refractivity contribution in [3.05, 3.63) is 58.9 Å². The van der Waals surface area contributed by atoms with Crippen molar-refractivity contribution >= 4 is 55.6 Å². The van der Waals surface area contributed by atoms with E-state index in [0.29, 0.717) is 24.0 Å². The lowest BCUT2D eigenvalue weighted by Crippen LogP contribution is -2.36. The van der Waals surface area contributed by atoms with Crippen molar-refractivity contribution in [2.75, 3.05) is 26.5 Å². The topological polar surface area (TPSA) is 118 Å². The number of H-pyrrole nitrogens is 1. The Balaban J connectivity index is 1.43. The predicted octanol–water partition coefficient (Wildman–Crippen LogP) is 5.32. The molecule has 9 nitrogen and oxygen atoms in total. The molecule has 2 N–H and O–H groups in total. The summed E-state index contributed by atoms with van der Waals surface area (Å²) in [6, 6.07) is 10.2. The second kappa shape index (κ2) is 12.6. The number of aromatic nitrogens is 1. The lowest BCUT2D eigenvalue weighted by molar-refractivity contribution is -0.149. The molecule has 2 heterocycles. The number of nitrogens with zero attached hydrogens (tertiary/aromatic N) is 1. The van der Waals surface area contributed by atoms with E-state index in [2.05, 4.69) is 10.3 Å². The van der Waals surface area contributed by atoms with Crippen LogP contribution in [-0.4, -0.2) is 65.5 Å². The summed E-state index contributed by atoms with van der Waals surface area (Å²) in [6.07, 6.45) is -1.28. The van der Waals surface area contributed by atoms with Gasteiger partial charge in [0, 0.05) is 42.1 Å². The van der Waals surface area contributed by atoms with Gasteiger partial charge in [0.05, 0.1) is 18.4 Å². The van der Waals surface area contributed by atoms with Gasteiger partial charge in [0.2, 0.25) is 11.2 Å². The molecule has 12 heteroatoms. The van der Waals surface area contributed by atoms with Crippen LogP contribution in [0.5, 0.6) is 0 Å². The molecule has 218 valence electrons. The van der Waals surface area contributed by atoms with Crippen LogP contribution < -0.4 is 5.32 Å². The predicted molar refractivity (Wildman–Crippen MR) is 158 cm³/mol. The fourth-order valence-corrected chi connectivity index (χ4v) is 6.72. The van der Waals surface area contributed by atoms with Crippen LogP contribution >= 0.6 is 21.6 Å². The smallest absolute Gasteiger partial charge is 0.410 e. The highest BCUT2D eigenvalue weighted by Gasteiger charge is 2.28. The highest BCUT2D eigenvalue weighted by molar-refractivity contribution is 8.82. The normalized spacial score (nSPS) is 13.8. The maximum Gasteiger partial charge on any atom is 0.410 e. The van der Waals surface area contributed by atoms with Gasteiger partial charge in [-0.25, -0.2) is 14.0 Å². The van der Waals surface area contributed by atoms with E-state index in [1.807, 2.05) is 24.3 Å². The number of ether oxygens (including phenoxy) is 2. The molecule has 0 radical (unpaired) electrons. The first kappa shape index (κ1) is 30.4. The Hall–Kier alpha value is -3.51. The van der Waals surface area contributed by atoms with Gasteiger partial charge in [-0.15, -0.1) is 0 Å². The zero-order valence-corrected chi connectivity index (χ0v) is 25.1. The van der Waals surface area contributed by atoms with E-state index in [-0.39, 0.29) is 23.3 Å². The van der Waals surface area contributed by atoms with Gasteiger partial charge in [-0.1, -0.05) is 55.8 Å². The molecule has 0 saturated carbocycles. The number of esters is 1. The number of amides is 2. The van der Waals surface area contributed by atoms with Crippen LogP contribution in [0.4, 0.5) is 9.18 Å². The number of carbonyl (C=O) groups is 4. The number of rotatable bonds is 8. The van der Waals surface area contributed by atoms with Gasteiger partial charge in [0.1, 0.15) is 5.82 Å². The summed E-state index contributed by atoms with van der Waals surface area (Å²) >= 11 is 0. The molecular formula is C29H32FN3O6S2. The van der Waals surface area contributed by atoms with E-state index in [0.717, 1.165) is 49.4 Å². The molecule has 2 amide bonds. The average Bonchev–Trinajstić information content (AvgIpc) is 3.19. The molecule has 0 aliphatic carbocycles. The Bertz CT molecular complexity index is 1480.